The van der Waals surface area contributed by atoms with Gasteiger partial charge in [0.2, 0.25) is 15.9 Å². The van der Waals surface area contributed by atoms with E-state index >= 15 is 0 Å². The monoisotopic (exact) mass is 380 g/mol. The van der Waals surface area contributed by atoms with Crippen LogP contribution in [0.4, 0.5) is 10.1 Å². The predicted molar refractivity (Wildman–Crippen MR) is 96.8 cm³/mol. The van der Waals surface area contributed by atoms with Gasteiger partial charge in [-0.15, -0.1) is 0 Å². The van der Waals surface area contributed by atoms with E-state index in [2.05, 4.69) is 10.0 Å². The van der Waals surface area contributed by atoms with E-state index in [-0.39, 0.29) is 17.3 Å². The van der Waals surface area contributed by atoms with Crippen molar-refractivity contribution in [1.82, 2.24) is 4.72 Å². The Morgan fingerprint density at radius 3 is 2.54 bits per heavy atom. The van der Waals surface area contributed by atoms with E-state index in [1.165, 1.54) is 44.4 Å². The fourth-order valence-electron chi connectivity index (χ4n) is 2.54. The Labute approximate surface area is 152 Å². The topological polar surface area (TPSA) is 84.5 Å². The molecule has 0 saturated carbocycles. The molecule has 0 bridgehead atoms. The van der Waals surface area contributed by atoms with Crippen LogP contribution in [-0.2, 0) is 19.6 Å². The van der Waals surface area contributed by atoms with Crippen LogP contribution in [0.25, 0.3) is 0 Å². The summed E-state index contributed by atoms with van der Waals surface area (Å²) in [4.78, 5) is 11.2. The number of ether oxygens (including phenoxy) is 1. The molecule has 1 amide bonds. The molecule has 2 rings (SSSR count). The van der Waals surface area contributed by atoms with Gasteiger partial charge in [0.1, 0.15) is 5.82 Å². The molecule has 0 aromatic heterocycles. The maximum absolute atomic E-state index is 13.4. The molecule has 1 unspecified atom stereocenters. The van der Waals surface area contributed by atoms with Gasteiger partial charge >= 0.3 is 0 Å². The largest absolute Gasteiger partial charge is 0.375 e. The molecular formula is C18H21FN2O4S. The van der Waals surface area contributed by atoms with E-state index in [1.54, 1.807) is 19.1 Å². The van der Waals surface area contributed by atoms with E-state index in [0.29, 0.717) is 16.8 Å². The second-order valence-electron chi connectivity index (χ2n) is 5.79. The van der Waals surface area contributed by atoms with Gasteiger partial charge < -0.3 is 10.1 Å². The summed E-state index contributed by atoms with van der Waals surface area (Å²) in [6.45, 7) is 2.97. The Hall–Kier alpha value is -2.29. The molecule has 2 N–H and O–H groups in total. The van der Waals surface area contributed by atoms with Crippen molar-refractivity contribution in [3.63, 3.8) is 0 Å². The average molecular weight is 380 g/mol. The SMILES string of the molecule is COC(CNS(=O)(=O)c1ccc(NC(C)=O)cc1C)c1cccc(F)c1. The molecule has 1 atom stereocenters. The molecule has 140 valence electrons. The van der Waals surface area contributed by atoms with Crippen LogP contribution in [0.1, 0.15) is 24.2 Å². The molecule has 0 aliphatic heterocycles. The fraction of sp³-hybridized carbons (Fsp3) is 0.278. The summed E-state index contributed by atoms with van der Waals surface area (Å²) in [6, 6.07) is 10.3. The number of anilines is 1. The first kappa shape index (κ1) is 20.0. The minimum Gasteiger partial charge on any atom is -0.375 e. The average Bonchev–Trinajstić information content (AvgIpc) is 2.54. The van der Waals surface area contributed by atoms with Crippen molar-refractivity contribution in [2.75, 3.05) is 19.0 Å². The summed E-state index contributed by atoms with van der Waals surface area (Å²) >= 11 is 0. The van der Waals surface area contributed by atoms with Gasteiger partial charge in [0.25, 0.3) is 0 Å². The second kappa shape index (κ2) is 8.39. The zero-order chi connectivity index (χ0) is 19.3. The van der Waals surface area contributed by atoms with Crippen molar-refractivity contribution in [2.24, 2.45) is 0 Å². The van der Waals surface area contributed by atoms with E-state index < -0.39 is 21.9 Å². The lowest BCUT2D eigenvalue weighted by Crippen LogP contribution is -2.29. The lowest BCUT2D eigenvalue weighted by molar-refractivity contribution is -0.114. The maximum Gasteiger partial charge on any atom is 0.240 e. The van der Waals surface area contributed by atoms with Crippen LogP contribution in [0.3, 0.4) is 0 Å². The number of aryl methyl sites for hydroxylation is 1. The standard InChI is InChI=1S/C18H21FN2O4S/c1-12-9-16(21-13(2)22)7-8-18(12)26(23,24)20-11-17(25-3)14-5-4-6-15(19)10-14/h4-10,17,20H,11H2,1-3H3,(H,21,22). The normalized spacial score (nSPS) is 12.6. The number of sulfonamides is 1. The smallest absolute Gasteiger partial charge is 0.240 e. The van der Waals surface area contributed by atoms with E-state index in [1.807, 2.05) is 0 Å². The second-order valence-corrected chi connectivity index (χ2v) is 7.53. The highest BCUT2D eigenvalue weighted by Crippen LogP contribution is 2.21. The Kier molecular flexibility index (Phi) is 6.47. The highest BCUT2D eigenvalue weighted by atomic mass is 32.2. The zero-order valence-electron chi connectivity index (χ0n) is 14.7. The summed E-state index contributed by atoms with van der Waals surface area (Å²) in [5.74, 6) is -0.659. The zero-order valence-corrected chi connectivity index (χ0v) is 15.6. The van der Waals surface area contributed by atoms with Crippen LogP contribution in [0, 0.1) is 12.7 Å². The number of hydrogen-bond acceptors (Lipinski definition) is 4. The number of benzene rings is 2. The van der Waals surface area contributed by atoms with Gasteiger partial charge in [-0.05, 0) is 48.4 Å². The van der Waals surface area contributed by atoms with Gasteiger partial charge in [-0.2, -0.15) is 0 Å². The number of rotatable bonds is 7. The number of hydrogen-bond donors (Lipinski definition) is 2. The third-order valence-corrected chi connectivity index (χ3v) is 5.33. The van der Waals surface area contributed by atoms with Crippen molar-refractivity contribution < 1.29 is 22.3 Å². The van der Waals surface area contributed by atoms with Crippen molar-refractivity contribution in [1.29, 1.82) is 0 Å². The van der Waals surface area contributed by atoms with Crippen LogP contribution >= 0.6 is 0 Å². The summed E-state index contributed by atoms with van der Waals surface area (Å²) in [6.07, 6.45) is -0.626. The lowest BCUT2D eigenvalue weighted by atomic mass is 10.1. The van der Waals surface area contributed by atoms with E-state index in [0.717, 1.165) is 0 Å². The quantitative estimate of drug-likeness (QED) is 0.774. The molecule has 0 fully saturated rings. The van der Waals surface area contributed by atoms with Crippen molar-refractivity contribution in [2.45, 2.75) is 24.8 Å². The van der Waals surface area contributed by atoms with Gasteiger partial charge in [0.15, 0.2) is 0 Å². The molecule has 0 radical (unpaired) electrons. The lowest BCUT2D eigenvalue weighted by Gasteiger charge is -2.17. The van der Waals surface area contributed by atoms with Crippen LogP contribution in [0.2, 0.25) is 0 Å². The number of amides is 1. The summed E-state index contributed by atoms with van der Waals surface area (Å²) < 4.78 is 46.3. The molecule has 0 spiro atoms. The molecule has 2 aromatic carbocycles. The molecule has 0 saturated heterocycles. The number of halogens is 1. The van der Waals surface area contributed by atoms with E-state index in [9.17, 15) is 17.6 Å². The van der Waals surface area contributed by atoms with Crippen LogP contribution < -0.4 is 10.0 Å². The van der Waals surface area contributed by atoms with Crippen molar-refractivity contribution in [3.8, 4) is 0 Å². The molecular weight excluding hydrogens is 359 g/mol. The Bertz CT molecular complexity index is 900. The summed E-state index contributed by atoms with van der Waals surface area (Å²) in [5.41, 5.74) is 1.54. The molecule has 2 aromatic rings. The van der Waals surface area contributed by atoms with Gasteiger partial charge in [-0.1, -0.05) is 12.1 Å². The first-order valence-electron chi connectivity index (χ1n) is 7.89. The van der Waals surface area contributed by atoms with Crippen LogP contribution in [0.15, 0.2) is 47.4 Å². The van der Waals surface area contributed by atoms with Gasteiger partial charge in [-0.25, -0.2) is 17.5 Å². The molecule has 8 heteroatoms. The Balaban J connectivity index is 2.16. The van der Waals surface area contributed by atoms with Gasteiger partial charge in [-0.3, -0.25) is 4.79 Å². The minimum atomic E-state index is -3.80. The minimum absolute atomic E-state index is 0.0465. The van der Waals surface area contributed by atoms with Crippen molar-refractivity contribution in [3.05, 3.63) is 59.4 Å². The van der Waals surface area contributed by atoms with Crippen LogP contribution in [-0.4, -0.2) is 28.0 Å². The highest BCUT2D eigenvalue weighted by Gasteiger charge is 2.20. The van der Waals surface area contributed by atoms with E-state index in [4.69, 9.17) is 4.74 Å². The number of nitrogens with one attached hydrogen (secondary N) is 2. The number of carbonyl (C=O) groups is 1. The third-order valence-electron chi connectivity index (χ3n) is 3.75. The number of methoxy groups -OCH3 is 1. The molecule has 0 heterocycles. The van der Waals surface area contributed by atoms with Gasteiger partial charge in [0.05, 0.1) is 11.0 Å². The molecule has 0 aliphatic rings. The fourth-order valence-corrected chi connectivity index (χ4v) is 3.80. The first-order valence-corrected chi connectivity index (χ1v) is 9.37. The van der Waals surface area contributed by atoms with Crippen LogP contribution in [0.5, 0.6) is 0 Å². The van der Waals surface area contributed by atoms with Gasteiger partial charge in [0, 0.05) is 26.3 Å². The maximum atomic E-state index is 13.4. The third kappa shape index (κ3) is 5.10. The molecule has 0 aliphatic carbocycles. The number of carbonyl (C=O) groups excluding carboxylic acids is 1. The summed E-state index contributed by atoms with van der Waals surface area (Å²) in [5, 5.41) is 2.60. The summed E-state index contributed by atoms with van der Waals surface area (Å²) in [7, 11) is -2.37. The first-order chi connectivity index (χ1) is 12.2. The highest BCUT2D eigenvalue weighted by molar-refractivity contribution is 7.89. The molecule has 26 heavy (non-hydrogen) atoms. The van der Waals surface area contributed by atoms with Crippen molar-refractivity contribution >= 4 is 21.6 Å². The molecule has 6 nitrogen and oxygen atoms in total. The predicted octanol–water partition coefficient (Wildman–Crippen LogP) is 2.76. The Morgan fingerprint density at radius 2 is 1.96 bits per heavy atom. The Morgan fingerprint density at radius 1 is 1.23 bits per heavy atom.